The van der Waals surface area contributed by atoms with Gasteiger partial charge in [0.15, 0.2) is 0 Å². The highest BCUT2D eigenvalue weighted by Gasteiger charge is 2.30. The monoisotopic (exact) mass is 344 g/mol. The predicted molar refractivity (Wildman–Crippen MR) is 90.6 cm³/mol. The number of benzene rings is 1. The van der Waals surface area contributed by atoms with E-state index in [0.29, 0.717) is 28.7 Å². The quantitative estimate of drug-likeness (QED) is 0.860. The number of piperidine rings is 1. The molecule has 1 atom stereocenters. The molecule has 2 N–H and O–H groups in total. The van der Waals surface area contributed by atoms with Crippen molar-refractivity contribution in [2.75, 3.05) is 31.6 Å². The molecule has 22 heavy (non-hydrogen) atoms. The van der Waals surface area contributed by atoms with Crippen molar-refractivity contribution >= 4 is 34.8 Å². The number of aliphatic hydroxyl groups is 1. The van der Waals surface area contributed by atoms with Gasteiger partial charge in [0.25, 0.3) is 0 Å². The summed E-state index contributed by atoms with van der Waals surface area (Å²) in [5.41, 5.74) is 0.489. The number of hydrogen-bond donors (Lipinski definition) is 2. The number of carbonyl (C=O) groups is 1. The van der Waals surface area contributed by atoms with Crippen molar-refractivity contribution in [2.45, 2.75) is 26.2 Å². The van der Waals surface area contributed by atoms with E-state index in [2.05, 4.69) is 17.1 Å². The summed E-state index contributed by atoms with van der Waals surface area (Å²) < 4.78 is 0. The zero-order valence-electron chi connectivity index (χ0n) is 12.7. The number of anilines is 1. The maximum Gasteiger partial charge on any atom is 0.225 e. The first-order valence-electron chi connectivity index (χ1n) is 7.50. The lowest BCUT2D eigenvalue weighted by atomic mass is 9.83. The number of rotatable bonds is 5. The number of nitrogens with zero attached hydrogens (tertiary/aromatic N) is 1. The Labute approximate surface area is 141 Å². The Bertz CT molecular complexity index is 539. The van der Waals surface area contributed by atoms with E-state index in [9.17, 15) is 9.90 Å². The third-order valence-corrected chi connectivity index (χ3v) is 4.66. The van der Waals surface area contributed by atoms with Crippen molar-refractivity contribution in [1.82, 2.24) is 4.90 Å². The van der Waals surface area contributed by atoms with E-state index in [-0.39, 0.29) is 17.9 Å². The second kappa shape index (κ2) is 7.64. The van der Waals surface area contributed by atoms with Crippen LogP contribution in [0.3, 0.4) is 0 Å². The number of carbonyl (C=O) groups excluding carboxylic acids is 1. The topological polar surface area (TPSA) is 52.6 Å². The molecule has 0 bridgehead atoms. The van der Waals surface area contributed by atoms with Crippen LogP contribution in [0.4, 0.5) is 5.69 Å². The number of amides is 1. The third kappa shape index (κ3) is 4.85. The number of nitrogens with one attached hydrogen (secondary N) is 1. The molecule has 0 aliphatic carbocycles. The van der Waals surface area contributed by atoms with Crippen LogP contribution in [0.25, 0.3) is 0 Å². The molecule has 1 heterocycles. The molecule has 1 aromatic rings. The SMILES string of the molecule is CC1(CO)CCCN(CCC(=O)Nc2cc(Cl)ccc2Cl)C1. The van der Waals surface area contributed by atoms with Crippen LogP contribution in [0.5, 0.6) is 0 Å². The zero-order valence-corrected chi connectivity index (χ0v) is 14.3. The summed E-state index contributed by atoms with van der Waals surface area (Å²) in [6, 6.07) is 4.99. The lowest BCUT2D eigenvalue weighted by Gasteiger charge is -2.39. The average Bonchev–Trinajstić information content (AvgIpc) is 2.49. The van der Waals surface area contributed by atoms with Gasteiger partial charge in [-0.15, -0.1) is 0 Å². The summed E-state index contributed by atoms with van der Waals surface area (Å²) in [7, 11) is 0. The summed E-state index contributed by atoms with van der Waals surface area (Å²) >= 11 is 11.9. The second-order valence-corrected chi connectivity index (χ2v) is 7.11. The van der Waals surface area contributed by atoms with Gasteiger partial charge in [-0.05, 0) is 37.6 Å². The van der Waals surface area contributed by atoms with Gasteiger partial charge in [-0.1, -0.05) is 30.1 Å². The van der Waals surface area contributed by atoms with Crippen molar-refractivity contribution in [3.8, 4) is 0 Å². The maximum absolute atomic E-state index is 12.1. The van der Waals surface area contributed by atoms with Crippen molar-refractivity contribution in [3.63, 3.8) is 0 Å². The summed E-state index contributed by atoms with van der Waals surface area (Å²) in [5.74, 6) is -0.0829. The minimum atomic E-state index is -0.0829. The molecule has 0 aromatic heterocycles. The smallest absolute Gasteiger partial charge is 0.225 e. The summed E-state index contributed by atoms with van der Waals surface area (Å²) in [6.45, 7) is 4.76. The molecule has 1 saturated heterocycles. The van der Waals surface area contributed by atoms with Gasteiger partial charge < -0.3 is 15.3 Å². The Morgan fingerprint density at radius 2 is 2.23 bits per heavy atom. The molecule has 122 valence electrons. The second-order valence-electron chi connectivity index (χ2n) is 6.27. The highest BCUT2D eigenvalue weighted by Crippen LogP contribution is 2.29. The number of hydrogen-bond acceptors (Lipinski definition) is 3. The molecular formula is C16H22Cl2N2O2. The van der Waals surface area contributed by atoms with E-state index in [0.717, 1.165) is 25.9 Å². The van der Waals surface area contributed by atoms with Crippen molar-refractivity contribution < 1.29 is 9.90 Å². The van der Waals surface area contributed by atoms with E-state index in [4.69, 9.17) is 23.2 Å². The van der Waals surface area contributed by atoms with E-state index < -0.39 is 0 Å². The summed E-state index contributed by atoms with van der Waals surface area (Å²) in [5, 5.41) is 13.3. The first kappa shape index (κ1) is 17.5. The normalized spacial score (nSPS) is 22.5. The Balaban J connectivity index is 1.84. The zero-order chi connectivity index (χ0) is 16.2. The fourth-order valence-corrected chi connectivity index (χ4v) is 3.15. The Kier molecular flexibility index (Phi) is 6.09. The van der Waals surface area contributed by atoms with Crippen LogP contribution in [-0.2, 0) is 4.79 Å². The molecule has 0 saturated carbocycles. The first-order chi connectivity index (χ1) is 10.4. The fourth-order valence-electron chi connectivity index (χ4n) is 2.81. The van der Waals surface area contributed by atoms with Gasteiger partial charge in [0.05, 0.1) is 10.7 Å². The van der Waals surface area contributed by atoms with Crippen LogP contribution in [-0.4, -0.2) is 42.2 Å². The molecule has 1 aliphatic rings. The lowest BCUT2D eigenvalue weighted by Crippen LogP contribution is -2.44. The lowest BCUT2D eigenvalue weighted by molar-refractivity contribution is -0.116. The molecule has 1 unspecified atom stereocenters. The number of aliphatic hydroxyl groups excluding tert-OH is 1. The van der Waals surface area contributed by atoms with Crippen LogP contribution in [0.1, 0.15) is 26.2 Å². The largest absolute Gasteiger partial charge is 0.396 e. The average molecular weight is 345 g/mol. The standard InChI is InChI=1S/C16H22Cl2N2O2/c1-16(11-21)6-2-7-20(10-16)8-5-15(22)19-14-9-12(17)3-4-13(14)18/h3-4,9,21H,2,5-8,10-11H2,1H3,(H,19,22). The molecule has 4 nitrogen and oxygen atoms in total. The molecule has 1 fully saturated rings. The van der Waals surface area contributed by atoms with Crippen LogP contribution >= 0.6 is 23.2 Å². The number of likely N-dealkylation sites (tertiary alicyclic amines) is 1. The molecule has 2 rings (SSSR count). The first-order valence-corrected chi connectivity index (χ1v) is 8.26. The molecule has 1 aromatic carbocycles. The van der Waals surface area contributed by atoms with Crippen LogP contribution in [0.2, 0.25) is 10.0 Å². The van der Waals surface area contributed by atoms with E-state index >= 15 is 0 Å². The van der Waals surface area contributed by atoms with Gasteiger partial charge in [-0.25, -0.2) is 0 Å². The minimum Gasteiger partial charge on any atom is -0.396 e. The van der Waals surface area contributed by atoms with Gasteiger partial charge in [-0.2, -0.15) is 0 Å². The minimum absolute atomic E-state index is 0.0506. The fraction of sp³-hybridized carbons (Fsp3) is 0.562. The Hall–Kier alpha value is -0.810. The Morgan fingerprint density at radius 1 is 1.45 bits per heavy atom. The number of halogens is 2. The summed E-state index contributed by atoms with van der Waals surface area (Å²) in [4.78, 5) is 14.3. The van der Waals surface area contributed by atoms with Crippen molar-refractivity contribution in [2.24, 2.45) is 5.41 Å². The van der Waals surface area contributed by atoms with Gasteiger partial charge in [-0.3, -0.25) is 4.79 Å². The highest BCUT2D eigenvalue weighted by atomic mass is 35.5. The molecule has 6 heteroatoms. The van der Waals surface area contributed by atoms with E-state index in [1.54, 1.807) is 18.2 Å². The third-order valence-electron chi connectivity index (χ3n) is 4.10. The van der Waals surface area contributed by atoms with Crippen LogP contribution in [0.15, 0.2) is 18.2 Å². The van der Waals surface area contributed by atoms with Crippen molar-refractivity contribution in [1.29, 1.82) is 0 Å². The van der Waals surface area contributed by atoms with E-state index in [1.807, 2.05) is 0 Å². The van der Waals surface area contributed by atoms with Gasteiger partial charge in [0.1, 0.15) is 0 Å². The maximum atomic E-state index is 12.1. The Morgan fingerprint density at radius 3 is 2.95 bits per heavy atom. The molecule has 0 spiro atoms. The van der Waals surface area contributed by atoms with Gasteiger partial charge in [0.2, 0.25) is 5.91 Å². The molecule has 1 amide bonds. The van der Waals surface area contributed by atoms with Crippen LogP contribution in [0, 0.1) is 5.41 Å². The van der Waals surface area contributed by atoms with Gasteiger partial charge in [0, 0.05) is 36.6 Å². The molecule has 0 radical (unpaired) electrons. The highest BCUT2D eigenvalue weighted by molar-refractivity contribution is 6.35. The van der Waals surface area contributed by atoms with Gasteiger partial charge >= 0.3 is 0 Å². The van der Waals surface area contributed by atoms with Crippen molar-refractivity contribution in [3.05, 3.63) is 28.2 Å². The van der Waals surface area contributed by atoms with E-state index in [1.165, 1.54) is 0 Å². The van der Waals surface area contributed by atoms with Crippen LogP contribution < -0.4 is 5.32 Å². The predicted octanol–water partition coefficient (Wildman–Crippen LogP) is 3.42. The molecular weight excluding hydrogens is 323 g/mol. The molecule has 1 aliphatic heterocycles. The summed E-state index contributed by atoms with van der Waals surface area (Å²) in [6.07, 6.45) is 2.48.